The van der Waals surface area contributed by atoms with Crippen molar-refractivity contribution >= 4 is 29.9 Å². The predicted octanol–water partition coefficient (Wildman–Crippen LogP) is 3.49. The number of halogens is 1. The summed E-state index contributed by atoms with van der Waals surface area (Å²) in [4.78, 5) is 6.90. The molecular weight excluding hydrogens is 427 g/mol. The molecule has 5 nitrogen and oxygen atoms in total. The van der Waals surface area contributed by atoms with Crippen LogP contribution in [-0.2, 0) is 4.74 Å². The third-order valence-electron chi connectivity index (χ3n) is 5.32. The van der Waals surface area contributed by atoms with Crippen LogP contribution in [0.5, 0.6) is 0 Å². The fraction of sp³-hybridized carbons (Fsp3) is 0.947. The quantitative estimate of drug-likeness (QED) is 0.211. The van der Waals surface area contributed by atoms with Crippen molar-refractivity contribution in [1.82, 2.24) is 15.5 Å². The van der Waals surface area contributed by atoms with E-state index >= 15 is 0 Å². The summed E-state index contributed by atoms with van der Waals surface area (Å²) in [6.45, 7) is 13.0. The monoisotopic (exact) mass is 468 g/mol. The first kappa shape index (κ1) is 24.9. The van der Waals surface area contributed by atoms with Crippen molar-refractivity contribution < 1.29 is 4.74 Å². The molecule has 0 atom stereocenters. The first-order valence-corrected chi connectivity index (χ1v) is 9.63. The van der Waals surface area contributed by atoms with Gasteiger partial charge in [0.1, 0.15) is 0 Å². The van der Waals surface area contributed by atoms with E-state index in [0.29, 0.717) is 17.5 Å². The summed E-state index contributed by atoms with van der Waals surface area (Å²) in [6, 6.07) is 1.20. The van der Waals surface area contributed by atoms with Crippen LogP contribution in [0.1, 0.15) is 59.8 Å². The Hall–Kier alpha value is -0.0800. The number of nitrogens with one attached hydrogen (secondary N) is 2. The van der Waals surface area contributed by atoms with Crippen molar-refractivity contribution in [3.05, 3.63) is 0 Å². The average molecular weight is 468 g/mol. The number of rotatable bonds is 11. The Kier molecular flexibility index (Phi) is 13.1. The molecule has 2 N–H and O–H groups in total. The molecule has 0 aromatic rings. The van der Waals surface area contributed by atoms with E-state index in [1.807, 2.05) is 7.05 Å². The van der Waals surface area contributed by atoms with Gasteiger partial charge in [-0.1, -0.05) is 6.42 Å². The first-order valence-electron chi connectivity index (χ1n) is 9.63. The van der Waals surface area contributed by atoms with Crippen LogP contribution in [0.3, 0.4) is 0 Å². The first-order chi connectivity index (χ1) is 11.4. The fourth-order valence-corrected chi connectivity index (χ4v) is 3.58. The molecule has 0 aromatic heterocycles. The normalized spacial score (nSPS) is 16.8. The third-order valence-corrected chi connectivity index (χ3v) is 5.32. The maximum absolute atomic E-state index is 5.27. The van der Waals surface area contributed by atoms with Crippen LogP contribution in [0, 0.1) is 5.41 Å². The second-order valence-corrected chi connectivity index (χ2v) is 7.73. The fourth-order valence-electron chi connectivity index (χ4n) is 3.58. The molecule has 0 unspecified atom stereocenters. The Balaban J connectivity index is 0.00000576. The van der Waals surface area contributed by atoms with Crippen LogP contribution < -0.4 is 10.6 Å². The lowest BCUT2D eigenvalue weighted by molar-refractivity contribution is 0.0732. The Labute approximate surface area is 172 Å². The second-order valence-electron chi connectivity index (χ2n) is 7.73. The molecule has 0 spiro atoms. The summed E-state index contributed by atoms with van der Waals surface area (Å²) in [7, 11) is 3.64. The predicted molar refractivity (Wildman–Crippen MR) is 119 cm³/mol. The van der Waals surface area contributed by atoms with E-state index in [1.165, 1.54) is 19.3 Å². The van der Waals surface area contributed by atoms with E-state index in [4.69, 9.17) is 4.74 Å². The zero-order valence-corrected chi connectivity index (χ0v) is 19.6. The summed E-state index contributed by atoms with van der Waals surface area (Å²) in [6.07, 6.45) is 6.23. The van der Waals surface area contributed by atoms with E-state index in [9.17, 15) is 0 Å². The van der Waals surface area contributed by atoms with Crippen molar-refractivity contribution in [1.29, 1.82) is 0 Å². The summed E-state index contributed by atoms with van der Waals surface area (Å²) in [5.74, 6) is 0.930. The maximum Gasteiger partial charge on any atom is 0.190 e. The molecule has 0 amide bonds. The van der Waals surface area contributed by atoms with Crippen molar-refractivity contribution in [3.8, 4) is 0 Å². The topological polar surface area (TPSA) is 48.9 Å². The van der Waals surface area contributed by atoms with E-state index in [2.05, 4.69) is 48.2 Å². The van der Waals surface area contributed by atoms with Crippen LogP contribution in [0.2, 0.25) is 0 Å². The van der Waals surface area contributed by atoms with Crippen LogP contribution in [0.25, 0.3) is 0 Å². The molecule has 0 heterocycles. The van der Waals surface area contributed by atoms with Crippen molar-refractivity contribution in [2.75, 3.05) is 40.4 Å². The molecule has 0 radical (unpaired) electrons. The average Bonchev–Trinajstić information content (AvgIpc) is 2.50. The zero-order chi connectivity index (χ0) is 18.0. The van der Waals surface area contributed by atoms with E-state index < -0.39 is 0 Å². The van der Waals surface area contributed by atoms with Gasteiger partial charge in [-0.25, -0.2) is 0 Å². The molecule has 0 aromatic carbocycles. The number of guanidine groups is 1. The lowest BCUT2D eigenvalue weighted by Gasteiger charge is -2.42. The van der Waals surface area contributed by atoms with Crippen molar-refractivity contribution in [3.63, 3.8) is 0 Å². The van der Waals surface area contributed by atoms with Gasteiger partial charge in [-0.3, -0.25) is 9.89 Å². The smallest absolute Gasteiger partial charge is 0.190 e. The summed E-state index contributed by atoms with van der Waals surface area (Å²) in [5, 5.41) is 6.98. The van der Waals surface area contributed by atoms with Gasteiger partial charge < -0.3 is 15.4 Å². The molecular formula is C19H41IN4O. The second kappa shape index (κ2) is 13.1. The molecule has 6 heteroatoms. The highest BCUT2D eigenvalue weighted by Gasteiger charge is 2.36. The van der Waals surface area contributed by atoms with Gasteiger partial charge in [0.15, 0.2) is 5.96 Å². The molecule has 1 aliphatic carbocycles. The number of nitrogens with zero attached hydrogens (tertiary/aromatic N) is 2. The minimum atomic E-state index is 0. The molecule has 0 bridgehead atoms. The molecule has 150 valence electrons. The van der Waals surface area contributed by atoms with Gasteiger partial charge in [-0.05, 0) is 58.8 Å². The summed E-state index contributed by atoms with van der Waals surface area (Å²) < 4.78 is 5.27. The Morgan fingerprint density at radius 3 is 2.24 bits per heavy atom. The number of hydrogen-bond acceptors (Lipinski definition) is 3. The molecule has 1 fully saturated rings. The van der Waals surface area contributed by atoms with Crippen molar-refractivity contribution in [2.24, 2.45) is 10.4 Å². The molecule has 1 saturated carbocycles. The minimum absolute atomic E-state index is 0. The highest BCUT2D eigenvalue weighted by molar-refractivity contribution is 14.0. The van der Waals surface area contributed by atoms with E-state index in [-0.39, 0.29) is 24.0 Å². The molecule has 1 rings (SSSR count). The Bertz CT molecular complexity index is 362. The van der Waals surface area contributed by atoms with Crippen LogP contribution in [-0.4, -0.2) is 63.3 Å². The van der Waals surface area contributed by atoms with Gasteiger partial charge in [0, 0.05) is 52.5 Å². The summed E-state index contributed by atoms with van der Waals surface area (Å²) >= 11 is 0. The highest BCUT2D eigenvalue weighted by atomic mass is 127. The number of aliphatic imine (C=N–C) groups is 1. The molecule has 1 aliphatic rings. The Morgan fingerprint density at radius 1 is 1.16 bits per heavy atom. The summed E-state index contributed by atoms with van der Waals surface area (Å²) in [5.41, 5.74) is 0.416. The SMILES string of the molecule is CN=C(NCCCN(C(C)C)C(C)C)NCC1(CCOC)CCC1.I. The van der Waals surface area contributed by atoms with Crippen molar-refractivity contribution in [2.45, 2.75) is 71.9 Å². The number of hydrogen-bond donors (Lipinski definition) is 2. The van der Waals surface area contributed by atoms with E-state index in [0.717, 1.165) is 45.0 Å². The van der Waals surface area contributed by atoms with Crippen LogP contribution >= 0.6 is 24.0 Å². The Morgan fingerprint density at radius 2 is 1.80 bits per heavy atom. The third kappa shape index (κ3) is 8.91. The number of methoxy groups -OCH3 is 1. The van der Waals surface area contributed by atoms with Crippen LogP contribution in [0.15, 0.2) is 4.99 Å². The highest BCUT2D eigenvalue weighted by Crippen LogP contribution is 2.43. The van der Waals surface area contributed by atoms with Gasteiger partial charge in [0.25, 0.3) is 0 Å². The molecule has 0 saturated heterocycles. The van der Waals surface area contributed by atoms with E-state index in [1.54, 1.807) is 7.11 Å². The molecule has 0 aliphatic heterocycles. The maximum atomic E-state index is 5.27. The lowest BCUT2D eigenvalue weighted by Crippen LogP contribution is -2.47. The van der Waals surface area contributed by atoms with Crippen LogP contribution in [0.4, 0.5) is 0 Å². The largest absolute Gasteiger partial charge is 0.385 e. The van der Waals surface area contributed by atoms with Gasteiger partial charge in [-0.2, -0.15) is 0 Å². The standard InChI is InChI=1S/C19H40N4O.HI/c1-16(2)23(17(3)4)13-8-12-21-18(20-5)22-15-19(9-7-10-19)11-14-24-6;/h16-17H,7-15H2,1-6H3,(H2,20,21,22);1H. The van der Waals surface area contributed by atoms with Gasteiger partial charge >= 0.3 is 0 Å². The van der Waals surface area contributed by atoms with Gasteiger partial charge in [-0.15, -0.1) is 24.0 Å². The zero-order valence-electron chi connectivity index (χ0n) is 17.2. The lowest BCUT2D eigenvalue weighted by atomic mass is 9.67. The number of ether oxygens (including phenoxy) is 1. The van der Waals surface area contributed by atoms with Gasteiger partial charge in [0.2, 0.25) is 0 Å². The minimum Gasteiger partial charge on any atom is -0.385 e. The molecule has 25 heavy (non-hydrogen) atoms. The van der Waals surface area contributed by atoms with Gasteiger partial charge in [0.05, 0.1) is 0 Å².